The summed E-state index contributed by atoms with van der Waals surface area (Å²) in [5.41, 5.74) is -2.81. The van der Waals surface area contributed by atoms with E-state index in [1.54, 1.807) is 0 Å². The Balaban J connectivity index is 1.08. The monoisotopic (exact) mass is 999 g/mol. The molecule has 3 aliphatic heterocycles. The summed E-state index contributed by atoms with van der Waals surface area (Å²) in [6.45, 7) is 17.2. The molecule has 3 saturated heterocycles. The Bertz CT molecular complexity index is 2020. The smallest absolute Gasteiger partial charge is 0.335 e. The number of hydrogen-bond acceptors (Lipinski definition) is 19. The molecule has 20 nitrogen and oxygen atoms in total. The molecule has 0 amide bonds. The van der Waals surface area contributed by atoms with E-state index >= 15 is 0 Å². The predicted molar refractivity (Wildman–Crippen MR) is 240 cm³/mol. The van der Waals surface area contributed by atoms with Crippen molar-refractivity contribution in [1.82, 2.24) is 0 Å². The summed E-state index contributed by atoms with van der Waals surface area (Å²) < 4.78 is 41.5. The van der Waals surface area contributed by atoms with Crippen LogP contribution < -0.4 is 0 Å². The van der Waals surface area contributed by atoms with Gasteiger partial charge in [0.15, 0.2) is 18.7 Å². The van der Waals surface area contributed by atoms with Gasteiger partial charge in [0.1, 0.15) is 54.9 Å². The molecule has 70 heavy (non-hydrogen) atoms. The van der Waals surface area contributed by atoms with Gasteiger partial charge in [0.05, 0.1) is 36.4 Å². The van der Waals surface area contributed by atoms with Crippen LogP contribution in [0, 0.1) is 50.2 Å². The number of ether oxygens (including phenoxy) is 7. The van der Waals surface area contributed by atoms with E-state index in [1.165, 1.54) is 20.8 Å². The first kappa shape index (κ1) is 53.9. The molecule has 5 aliphatic carbocycles. The quantitative estimate of drug-likeness (QED) is 0.0868. The molecule has 25 atom stereocenters. The van der Waals surface area contributed by atoms with Gasteiger partial charge >= 0.3 is 17.9 Å². The Morgan fingerprint density at radius 1 is 0.671 bits per heavy atom. The molecule has 0 aromatic rings. The lowest BCUT2D eigenvalue weighted by molar-refractivity contribution is -0.372. The zero-order valence-corrected chi connectivity index (χ0v) is 41.8. The number of rotatable bonds is 9. The van der Waals surface area contributed by atoms with Crippen molar-refractivity contribution in [2.75, 3.05) is 6.61 Å². The number of esters is 2. The molecule has 20 heteroatoms. The molecule has 0 bridgehead atoms. The fourth-order valence-corrected chi connectivity index (χ4v) is 15.2. The van der Waals surface area contributed by atoms with Crippen molar-refractivity contribution in [2.24, 2.45) is 50.2 Å². The first-order chi connectivity index (χ1) is 32.5. The lowest BCUT2D eigenvalue weighted by Crippen LogP contribution is -2.67. The van der Waals surface area contributed by atoms with Gasteiger partial charge in [0.25, 0.3) is 0 Å². The van der Waals surface area contributed by atoms with Gasteiger partial charge in [-0.3, -0.25) is 9.59 Å². The van der Waals surface area contributed by atoms with Crippen molar-refractivity contribution in [3.05, 3.63) is 11.6 Å². The van der Waals surface area contributed by atoms with Crippen LogP contribution in [0.15, 0.2) is 11.6 Å². The molecule has 0 aromatic heterocycles. The van der Waals surface area contributed by atoms with Crippen LogP contribution in [-0.4, -0.2) is 180 Å². The number of allylic oxidation sites excluding steroid dienone is 2. The minimum atomic E-state index is -1.95. The van der Waals surface area contributed by atoms with E-state index in [-0.39, 0.29) is 42.1 Å². The first-order valence-corrected chi connectivity index (χ1v) is 25.2. The van der Waals surface area contributed by atoms with E-state index in [0.29, 0.717) is 32.1 Å². The van der Waals surface area contributed by atoms with Crippen LogP contribution in [-0.2, 0) is 47.5 Å². The van der Waals surface area contributed by atoms with Gasteiger partial charge in [-0.25, -0.2) is 4.79 Å². The number of aliphatic carboxylic acids is 1. The van der Waals surface area contributed by atoms with Gasteiger partial charge in [0.2, 0.25) is 6.29 Å². The van der Waals surface area contributed by atoms with Crippen LogP contribution >= 0.6 is 0 Å². The Hall–Kier alpha value is -2.41. The van der Waals surface area contributed by atoms with Crippen LogP contribution in [0.5, 0.6) is 0 Å². The van der Waals surface area contributed by atoms with E-state index in [4.69, 9.17) is 33.2 Å². The zero-order valence-electron chi connectivity index (χ0n) is 41.8. The van der Waals surface area contributed by atoms with Crippen molar-refractivity contribution >= 4 is 17.9 Å². The van der Waals surface area contributed by atoms with Gasteiger partial charge in [-0.05, 0) is 111 Å². The summed E-state index contributed by atoms with van der Waals surface area (Å²) in [6.07, 6.45) is -18.5. The highest BCUT2D eigenvalue weighted by atomic mass is 16.8. The van der Waals surface area contributed by atoms with Crippen molar-refractivity contribution in [1.29, 1.82) is 0 Å². The molecule has 7 fully saturated rings. The third-order valence-corrected chi connectivity index (χ3v) is 19.8. The fraction of sp³-hybridized carbons (Fsp3) is 0.900. The number of carbonyl (C=O) groups is 3. The van der Waals surface area contributed by atoms with E-state index in [0.717, 1.165) is 18.4 Å². The second kappa shape index (κ2) is 18.8. The highest BCUT2D eigenvalue weighted by Crippen LogP contribution is 2.76. The lowest BCUT2D eigenvalue weighted by atomic mass is 9.33. The second-order valence-corrected chi connectivity index (χ2v) is 24.0. The normalized spacial score (nSPS) is 53.2. The number of aliphatic hydroxyl groups excluding tert-OH is 9. The van der Waals surface area contributed by atoms with Gasteiger partial charge in [-0.15, -0.1) is 0 Å². The number of fused-ring (bicyclic) bond motifs is 7. The van der Waals surface area contributed by atoms with Crippen LogP contribution in [0.2, 0.25) is 0 Å². The number of carbonyl (C=O) groups excluding carboxylic acids is 2. The van der Waals surface area contributed by atoms with Gasteiger partial charge in [-0.2, -0.15) is 0 Å². The zero-order chi connectivity index (χ0) is 51.6. The van der Waals surface area contributed by atoms with E-state index < -0.39 is 150 Å². The SMILES string of the molecule is CC(=O)OCC1(C)CC2C3=CCC4C5(C)CCC(OC6OC(C(=O)O)C(O)C(O)C6OC6OC(C)C(O)C(O)C6O)C(C)(C)C5CCC4(C)C3(C)CCC2(C(=O)OC2OC(C)C(O)C(O)C2O)CC1O. The Morgan fingerprint density at radius 2 is 1.29 bits per heavy atom. The second-order valence-electron chi connectivity index (χ2n) is 24.0. The maximum atomic E-state index is 14.9. The van der Waals surface area contributed by atoms with Gasteiger partial charge < -0.3 is 84.2 Å². The summed E-state index contributed by atoms with van der Waals surface area (Å²) in [7, 11) is 0. The Kier molecular flexibility index (Phi) is 14.4. The van der Waals surface area contributed by atoms with Gasteiger partial charge in [-0.1, -0.05) is 53.2 Å². The maximum Gasteiger partial charge on any atom is 0.335 e. The molecule has 0 aromatic carbocycles. The van der Waals surface area contributed by atoms with E-state index in [9.17, 15) is 65.4 Å². The topological polar surface area (TPSA) is 318 Å². The Morgan fingerprint density at radius 3 is 1.90 bits per heavy atom. The van der Waals surface area contributed by atoms with Crippen LogP contribution in [0.25, 0.3) is 0 Å². The number of aliphatic hydroxyl groups is 9. The van der Waals surface area contributed by atoms with Crippen molar-refractivity contribution in [2.45, 2.75) is 224 Å². The molecule has 398 valence electrons. The van der Waals surface area contributed by atoms with E-state index in [1.807, 2.05) is 6.92 Å². The molecule has 0 radical (unpaired) electrons. The molecule has 0 spiro atoms. The minimum absolute atomic E-state index is 0.0149. The largest absolute Gasteiger partial charge is 0.479 e. The minimum Gasteiger partial charge on any atom is -0.479 e. The molecular weight excluding hydrogens is 921 g/mol. The lowest BCUT2D eigenvalue weighted by Gasteiger charge is -2.71. The molecule has 8 rings (SSSR count). The summed E-state index contributed by atoms with van der Waals surface area (Å²) in [6, 6.07) is 0. The van der Waals surface area contributed by atoms with Gasteiger partial charge in [0, 0.05) is 12.3 Å². The average Bonchev–Trinajstić information content (AvgIpc) is 3.28. The van der Waals surface area contributed by atoms with Crippen molar-refractivity contribution in [3.8, 4) is 0 Å². The summed E-state index contributed by atoms with van der Waals surface area (Å²) in [5, 5.41) is 108. The highest BCUT2D eigenvalue weighted by molar-refractivity contribution is 5.79. The highest BCUT2D eigenvalue weighted by Gasteiger charge is 2.71. The summed E-state index contributed by atoms with van der Waals surface area (Å²) in [5.74, 6) is -3.04. The molecule has 8 aliphatic rings. The third-order valence-electron chi connectivity index (χ3n) is 19.8. The molecule has 25 unspecified atom stereocenters. The molecule has 10 N–H and O–H groups in total. The first-order valence-electron chi connectivity index (χ1n) is 25.2. The van der Waals surface area contributed by atoms with Crippen LogP contribution in [0.1, 0.15) is 120 Å². The number of carboxylic acids is 1. The van der Waals surface area contributed by atoms with Crippen LogP contribution in [0.4, 0.5) is 0 Å². The maximum absolute atomic E-state index is 14.9. The predicted octanol–water partition coefficient (Wildman–Crippen LogP) is 0.802. The third kappa shape index (κ3) is 8.39. The summed E-state index contributed by atoms with van der Waals surface area (Å²) >= 11 is 0. The summed E-state index contributed by atoms with van der Waals surface area (Å²) in [4.78, 5) is 39.3. The van der Waals surface area contributed by atoms with Crippen molar-refractivity contribution < 1.29 is 98.6 Å². The fourth-order valence-electron chi connectivity index (χ4n) is 15.2. The standard InChI is InChI=1S/C50H78O20/c1-21-30(53)32(55)36(59)41(65-21)69-39-35(58)34(57)38(40(61)62)68-43(39)67-29-13-14-47(7)26(45(29,4)5)12-15-49(9)27(47)11-10-24-25-18-46(6,20-64-23(3)51)28(52)19-50(25,17-16-48(24,49)8)44(63)70-42-37(60)33(56)31(54)22(2)66-42/h10,21-22,25-39,41-43,52-60H,11-20H2,1-9H3,(H,61,62). The Labute approximate surface area is 408 Å². The van der Waals surface area contributed by atoms with E-state index in [2.05, 4.69) is 40.7 Å². The van der Waals surface area contributed by atoms with Crippen LogP contribution in [0.3, 0.4) is 0 Å². The molecule has 3 heterocycles. The number of carboxylic acid groups (broad SMARTS) is 1. The average molecular weight is 999 g/mol. The molecular formula is C50H78O20. The molecule has 4 saturated carbocycles. The number of hydrogen-bond donors (Lipinski definition) is 10. The van der Waals surface area contributed by atoms with Crippen molar-refractivity contribution in [3.63, 3.8) is 0 Å².